The van der Waals surface area contributed by atoms with E-state index in [9.17, 15) is 18.0 Å². The van der Waals surface area contributed by atoms with E-state index in [1.54, 1.807) is 41.8 Å². The summed E-state index contributed by atoms with van der Waals surface area (Å²) in [5.41, 5.74) is 1.45. The molecule has 0 atom stereocenters. The summed E-state index contributed by atoms with van der Waals surface area (Å²) in [6, 6.07) is 14.4. The van der Waals surface area contributed by atoms with Crippen LogP contribution >= 0.6 is 11.3 Å². The monoisotopic (exact) mass is 504 g/mol. The van der Waals surface area contributed by atoms with Crippen LogP contribution in [0.15, 0.2) is 53.5 Å². The Bertz CT molecular complexity index is 1310. The Morgan fingerprint density at radius 2 is 1.82 bits per heavy atom. The minimum Gasteiger partial charge on any atom is -0.494 e. The summed E-state index contributed by atoms with van der Waals surface area (Å²) in [5, 5.41) is 0. The maximum absolute atomic E-state index is 12.6. The van der Waals surface area contributed by atoms with E-state index in [4.69, 9.17) is 9.47 Å². The zero-order valence-corrected chi connectivity index (χ0v) is 20.9. The van der Waals surface area contributed by atoms with E-state index in [2.05, 4.69) is 4.99 Å². The van der Waals surface area contributed by atoms with E-state index in [1.165, 1.54) is 11.3 Å². The van der Waals surface area contributed by atoms with Crippen LogP contribution in [0.1, 0.15) is 32.3 Å². The van der Waals surface area contributed by atoms with Crippen LogP contribution < -0.4 is 9.54 Å². The molecular weight excluding hydrogens is 476 g/mol. The fraction of sp³-hybridized carbons (Fsp3) is 0.375. The topological polar surface area (TPSA) is 104 Å². The summed E-state index contributed by atoms with van der Waals surface area (Å²) in [5.74, 6) is -0.352. The molecule has 182 valence electrons. The third kappa shape index (κ3) is 7.26. The summed E-state index contributed by atoms with van der Waals surface area (Å²) in [4.78, 5) is 29.2. The summed E-state index contributed by atoms with van der Waals surface area (Å²) >= 11 is 1.26. The standard InChI is InChI=1S/C24H28N2O6S2/c1-3-31-19-12-13-20-21(15-19)33-24(26(20)16-23(28)32-4-2)25-22(27)11-8-14-34(29,30)17-18-9-6-5-7-10-18/h5-7,9-10,12-13,15H,3-4,8,11,14,16-17H2,1-2H3. The quantitative estimate of drug-likeness (QED) is 0.370. The Labute approximate surface area is 202 Å². The van der Waals surface area contributed by atoms with Gasteiger partial charge in [0.1, 0.15) is 12.3 Å². The van der Waals surface area contributed by atoms with Gasteiger partial charge in [-0.15, -0.1) is 0 Å². The number of benzene rings is 2. The fourth-order valence-electron chi connectivity index (χ4n) is 3.39. The molecule has 0 aliphatic rings. The number of nitrogens with zero attached hydrogens (tertiary/aromatic N) is 2. The molecule has 0 saturated carbocycles. The van der Waals surface area contributed by atoms with Gasteiger partial charge in [-0.1, -0.05) is 41.7 Å². The van der Waals surface area contributed by atoms with Crippen LogP contribution in [-0.2, 0) is 36.5 Å². The number of fused-ring (bicyclic) bond motifs is 1. The second kappa shape index (κ2) is 11.9. The van der Waals surface area contributed by atoms with Crippen molar-refractivity contribution in [3.8, 4) is 5.75 Å². The lowest BCUT2D eigenvalue weighted by atomic mass is 10.2. The van der Waals surface area contributed by atoms with Crippen molar-refractivity contribution in [1.82, 2.24) is 4.57 Å². The maximum Gasteiger partial charge on any atom is 0.326 e. The molecule has 0 N–H and O–H groups in total. The highest BCUT2D eigenvalue weighted by atomic mass is 32.2. The van der Waals surface area contributed by atoms with E-state index in [0.717, 1.165) is 15.8 Å². The van der Waals surface area contributed by atoms with E-state index in [0.29, 0.717) is 17.2 Å². The molecule has 0 bridgehead atoms. The number of esters is 1. The molecule has 0 aliphatic carbocycles. The van der Waals surface area contributed by atoms with Gasteiger partial charge in [-0.2, -0.15) is 4.99 Å². The minimum atomic E-state index is -3.34. The van der Waals surface area contributed by atoms with Crippen LogP contribution in [0, 0.1) is 0 Å². The first-order valence-electron chi connectivity index (χ1n) is 11.0. The van der Waals surface area contributed by atoms with Crippen LogP contribution in [0.3, 0.4) is 0 Å². The van der Waals surface area contributed by atoms with Gasteiger partial charge >= 0.3 is 5.97 Å². The maximum atomic E-state index is 12.6. The average Bonchev–Trinajstić information content (AvgIpc) is 3.10. The molecule has 2 aromatic carbocycles. The van der Waals surface area contributed by atoms with E-state index in [1.807, 2.05) is 25.1 Å². The van der Waals surface area contributed by atoms with E-state index in [-0.39, 0.29) is 37.5 Å². The molecule has 0 radical (unpaired) electrons. The van der Waals surface area contributed by atoms with Gasteiger partial charge in [0, 0.05) is 6.42 Å². The second-order valence-corrected chi connectivity index (χ2v) is 10.7. The molecule has 3 rings (SSSR count). The normalized spacial score (nSPS) is 12.1. The molecule has 1 aromatic heterocycles. The molecule has 0 unspecified atom stereocenters. The first kappa shape index (κ1) is 25.6. The molecule has 0 saturated heterocycles. The fourth-order valence-corrected chi connectivity index (χ4v) is 5.89. The van der Waals surface area contributed by atoms with Gasteiger partial charge in [-0.25, -0.2) is 8.42 Å². The number of sulfone groups is 1. The third-order valence-electron chi connectivity index (χ3n) is 4.85. The number of hydrogen-bond acceptors (Lipinski definition) is 7. The summed E-state index contributed by atoms with van der Waals surface area (Å²) in [6.07, 6.45) is 0.167. The van der Waals surface area contributed by atoms with Gasteiger partial charge in [0.25, 0.3) is 0 Å². The second-order valence-electron chi connectivity index (χ2n) is 7.53. The van der Waals surface area contributed by atoms with Crippen molar-refractivity contribution in [3.05, 3.63) is 58.9 Å². The SMILES string of the molecule is CCOC(=O)Cn1c(=NC(=O)CCCS(=O)(=O)Cc2ccccc2)sc2cc(OCC)ccc21. The predicted octanol–water partition coefficient (Wildman–Crippen LogP) is 3.49. The molecule has 1 amide bonds. The van der Waals surface area contributed by atoms with Crippen molar-refractivity contribution >= 4 is 43.3 Å². The first-order valence-corrected chi connectivity index (χ1v) is 13.7. The van der Waals surface area contributed by atoms with E-state index < -0.39 is 21.7 Å². The largest absolute Gasteiger partial charge is 0.494 e. The number of carbonyl (C=O) groups excluding carboxylic acids is 2. The van der Waals surface area contributed by atoms with Crippen molar-refractivity contribution in [1.29, 1.82) is 0 Å². The van der Waals surface area contributed by atoms with Gasteiger partial charge in [0.05, 0.1) is 34.9 Å². The lowest BCUT2D eigenvalue weighted by Gasteiger charge is -2.06. The molecule has 34 heavy (non-hydrogen) atoms. The zero-order chi connectivity index (χ0) is 24.6. The molecule has 3 aromatic rings. The molecular formula is C24H28N2O6S2. The van der Waals surface area contributed by atoms with Crippen LogP contribution in [0.4, 0.5) is 0 Å². The van der Waals surface area contributed by atoms with Crippen molar-refractivity contribution in [2.24, 2.45) is 4.99 Å². The van der Waals surface area contributed by atoms with Crippen LogP contribution in [0.5, 0.6) is 5.75 Å². The zero-order valence-electron chi connectivity index (χ0n) is 19.2. The van der Waals surface area contributed by atoms with Gasteiger partial charge in [-0.3, -0.25) is 9.59 Å². The first-order chi connectivity index (χ1) is 16.3. The Kier molecular flexibility index (Phi) is 9.00. The third-order valence-corrected chi connectivity index (χ3v) is 7.58. The van der Waals surface area contributed by atoms with Crippen LogP contribution in [0.25, 0.3) is 10.2 Å². The number of hydrogen-bond donors (Lipinski definition) is 0. The van der Waals surface area contributed by atoms with Crippen molar-refractivity contribution in [2.45, 2.75) is 39.0 Å². The Hall–Kier alpha value is -2.98. The van der Waals surface area contributed by atoms with Crippen molar-refractivity contribution < 1.29 is 27.5 Å². The summed E-state index contributed by atoms with van der Waals surface area (Å²) < 4.78 is 37.8. The highest BCUT2D eigenvalue weighted by Crippen LogP contribution is 2.23. The number of ether oxygens (including phenoxy) is 2. The molecule has 0 aliphatic heterocycles. The van der Waals surface area contributed by atoms with Crippen LogP contribution in [-0.4, -0.2) is 43.8 Å². The molecule has 10 heteroatoms. The molecule has 8 nitrogen and oxygen atoms in total. The van der Waals surface area contributed by atoms with Gasteiger partial charge in [0.2, 0.25) is 5.91 Å². The highest BCUT2D eigenvalue weighted by Gasteiger charge is 2.15. The molecule has 0 fully saturated rings. The van der Waals surface area contributed by atoms with Gasteiger partial charge in [-0.05, 0) is 44.0 Å². The van der Waals surface area contributed by atoms with E-state index >= 15 is 0 Å². The Morgan fingerprint density at radius 1 is 1.06 bits per heavy atom. The Balaban J connectivity index is 1.76. The molecule has 0 spiro atoms. The lowest BCUT2D eigenvalue weighted by Crippen LogP contribution is -2.23. The van der Waals surface area contributed by atoms with Gasteiger partial charge < -0.3 is 14.0 Å². The van der Waals surface area contributed by atoms with Crippen molar-refractivity contribution in [3.63, 3.8) is 0 Å². The number of thiazole rings is 1. The Morgan fingerprint density at radius 3 is 2.53 bits per heavy atom. The predicted molar refractivity (Wildman–Crippen MR) is 131 cm³/mol. The smallest absolute Gasteiger partial charge is 0.326 e. The average molecular weight is 505 g/mol. The van der Waals surface area contributed by atoms with Gasteiger partial charge in [0.15, 0.2) is 14.6 Å². The summed E-state index contributed by atoms with van der Waals surface area (Å²) in [6.45, 7) is 4.29. The van der Waals surface area contributed by atoms with Crippen molar-refractivity contribution in [2.75, 3.05) is 19.0 Å². The minimum absolute atomic E-state index is 0.00807. The number of carbonyl (C=O) groups is 2. The number of rotatable bonds is 11. The highest BCUT2D eigenvalue weighted by molar-refractivity contribution is 7.90. The summed E-state index contributed by atoms with van der Waals surface area (Å²) in [7, 11) is -3.34. The van der Waals surface area contributed by atoms with Crippen LogP contribution in [0.2, 0.25) is 0 Å². The number of amides is 1. The number of aromatic nitrogens is 1. The molecule has 1 heterocycles. The lowest BCUT2D eigenvalue weighted by molar-refractivity contribution is -0.143.